The van der Waals surface area contributed by atoms with Crippen molar-refractivity contribution in [2.24, 2.45) is 5.14 Å². The van der Waals surface area contributed by atoms with Gasteiger partial charge in [0, 0.05) is 18.5 Å². The fraction of sp³-hybridized carbons (Fsp3) is 0.364. The number of aliphatic hydroxyl groups is 1. The summed E-state index contributed by atoms with van der Waals surface area (Å²) < 4.78 is 36.3. The molecule has 0 aliphatic carbocycles. The number of hydrogen-bond donors (Lipinski definition) is 2. The van der Waals surface area contributed by atoms with E-state index in [0.717, 1.165) is 11.0 Å². The Kier molecular flexibility index (Phi) is 3.57. The molecule has 2 rings (SSSR count). The van der Waals surface area contributed by atoms with Gasteiger partial charge >= 0.3 is 0 Å². The predicted octanol–water partition coefficient (Wildman–Crippen LogP) is -0.288. The van der Waals surface area contributed by atoms with Crippen LogP contribution in [0.15, 0.2) is 18.2 Å². The van der Waals surface area contributed by atoms with E-state index in [1.807, 2.05) is 0 Å². The van der Waals surface area contributed by atoms with E-state index in [1.54, 1.807) is 0 Å². The van der Waals surface area contributed by atoms with Crippen LogP contribution < -0.4 is 10.0 Å². The van der Waals surface area contributed by atoms with Crippen LogP contribution >= 0.6 is 0 Å². The Labute approximate surface area is 109 Å². The number of para-hydroxylation sites is 1. The first-order valence-electron chi connectivity index (χ1n) is 5.55. The van der Waals surface area contributed by atoms with Gasteiger partial charge in [-0.25, -0.2) is 17.9 Å². The lowest BCUT2D eigenvalue weighted by molar-refractivity contribution is -0.117. The molecule has 1 aliphatic rings. The van der Waals surface area contributed by atoms with E-state index in [2.05, 4.69) is 0 Å². The predicted molar refractivity (Wildman–Crippen MR) is 66.2 cm³/mol. The standard InChI is InChI=1S/C11H13FN2O4S/c12-9-3-1-2-7(6-15)11(9)14-5-8(4-10(14)16)19(13,17)18/h1-3,8,15H,4-6H2,(H2,13,17,18). The highest BCUT2D eigenvalue weighted by molar-refractivity contribution is 7.89. The molecule has 1 fully saturated rings. The van der Waals surface area contributed by atoms with Crippen LogP contribution in [0.25, 0.3) is 0 Å². The van der Waals surface area contributed by atoms with Crippen molar-refractivity contribution in [2.45, 2.75) is 18.3 Å². The topological polar surface area (TPSA) is 101 Å². The minimum atomic E-state index is -3.86. The molecule has 0 aromatic heterocycles. The van der Waals surface area contributed by atoms with Crippen molar-refractivity contribution in [3.63, 3.8) is 0 Å². The smallest absolute Gasteiger partial charge is 0.228 e. The van der Waals surface area contributed by atoms with Gasteiger partial charge in [-0.15, -0.1) is 0 Å². The first kappa shape index (κ1) is 13.9. The van der Waals surface area contributed by atoms with Gasteiger partial charge in [0.15, 0.2) is 0 Å². The molecule has 1 atom stereocenters. The molecule has 6 nitrogen and oxygen atoms in total. The lowest BCUT2D eigenvalue weighted by atomic mass is 10.1. The molecule has 19 heavy (non-hydrogen) atoms. The van der Waals surface area contributed by atoms with Crippen molar-refractivity contribution in [3.05, 3.63) is 29.6 Å². The zero-order valence-corrected chi connectivity index (χ0v) is 10.7. The number of anilines is 1. The van der Waals surface area contributed by atoms with E-state index in [4.69, 9.17) is 10.2 Å². The molecule has 0 bridgehead atoms. The van der Waals surface area contributed by atoms with Crippen molar-refractivity contribution in [3.8, 4) is 0 Å². The van der Waals surface area contributed by atoms with E-state index in [0.29, 0.717) is 0 Å². The van der Waals surface area contributed by atoms with Gasteiger partial charge in [-0.2, -0.15) is 0 Å². The number of halogens is 1. The maximum absolute atomic E-state index is 13.8. The number of carbonyl (C=O) groups excluding carboxylic acids is 1. The van der Waals surface area contributed by atoms with Gasteiger partial charge < -0.3 is 10.0 Å². The summed E-state index contributed by atoms with van der Waals surface area (Å²) in [5, 5.41) is 13.1. The van der Waals surface area contributed by atoms with Gasteiger partial charge in [0.1, 0.15) is 11.1 Å². The summed E-state index contributed by atoms with van der Waals surface area (Å²) in [6, 6.07) is 4.02. The normalized spacial score (nSPS) is 20.1. The Hall–Kier alpha value is -1.51. The largest absolute Gasteiger partial charge is 0.392 e. The van der Waals surface area contributed by atoms with Crippen LogP contribution in [0.5, 0.6) is 0 Å². The molecule has 1 aromatic carbocycles. The lowest BCUT2D eigenvalue weighted by Gasteiger charge is -2.20. The molecule has 1 saturated heterocycles. The Bertz CT molecular complexity index is 617. The summed E-state index contributed by atoms with van der Waals surface area (Å²) in [6.07, 6.45) is -0.280. The highest BCUT2D eigenvalue weighted by atomic mass is 32.2. The molecule has 1 aromatic rings. The van der Waals surface area contributed by atoms with E-state index < -0.39 is 33.6 Å². The molecule has 0 radical (unpaired) electrons. The Balaban J connectivity index is 2.41. The second kappa shape index (κ2) is 4.87. The van der Waals surface area contributed by atoms with Crippen LogP contribution in [0.4, 0.5) is 10.1 Å². The molecular formula is C11H13FN2O4S. The minimum absolute atomic E-state index is 0.0823. The fourth-order valence-corrected chi connectivity index (χ4v) is 2.83. The number of nitrogens with zero attached hydrogens (tertiary/aromatic N) is 1. The van der Waals surface area contributed by atoms with E-state index in [9.17, 15) is 17.6 Å². The van der Waals surface area contributed by atoms with Crippen LogP contribution in [0.2, 0.25) is 0 Å². The summed E-state index contributed by atoms with van der Waals surface area (Å²) in [5.41, 5.74) is 0.143. The number of benzene rings is 1. The van der Waals surface area contributed by atoms with Gasteiger partial charge in [0.2, 0.25) is 15.9 Å². The third-order valence-corrected chi connectivity index (χ3v) is 4.31. The highest BCUT2D eigenvalue weighted by Gasteiger charge is 2.38. The highest BCUT2D eigenvalue weighted by Crippen LogP contribution is 2.30. The van der Waals surface area contributed by atoms with E-state index in [-0.39, 0.29) is 24.2 Å². The maximum atomic E-state index is 13.8. The van der Waals surface area contributed by atoms with E-state index in [1.165, 1.54) is 12.1 Å². The van der Waals surface area contributed by atoms with Crippen LogP contribution in [0.1, 0.15) is 12.0 Å². The van der Waals surface area contributed by atoms with Crippen molar-refractivity contribution in [1.29, 1.82) is 0 Å². The molecule has 1 unspecified atom stereocenters. The van der Waals surface area contributed by atoms with Gasteiger partial charge in [-0.1, -0.05) is 12.1 Å². The molecular weight excluding hydrogens is 275 g/mol. The van der Waals surface area contributed by atoms with Crippen LogP contribution in [0.3, 0.4) is 0 Å². The number of nitrogens with two attached hydrogens (primary N) is 1. The number of amides is 1. The number of rotatable bonds is 3. The molecule has 1 heterocycles. The number of primary sulfonamides is 1. The SMILES string of the molecule is NS(=O)(=O)C1CC(=O)N(c2c(F)cccc2CO)C1. The van der Waals surface area contributed by atoms with Gasteiger partial charge in [-0.05, 0) is 6.07 Å². The summed E-state index contributed by atoms with van der Waals surface area (Å²) in [6.45, 7) is -0.650. The number of sulfonamides is 1. The summed E-state index contributed by atoms with van der Waals surface area (Å²) in [4.78, 5) is 12.8. The van der Waals surface area contributed by atoms with E-state index >= 15 is 0 Å². The summed E-state index contributed by atoms with van der Waals surface area (Å²) >= 11 is 0. The number of carbonyl (C=O) groups is 1. The summed E-state index contributed by atoms with van der Waals surface area (Å²) in [5.74, 6) is -1.21. The zero-order chi connectivity index (χ0) is 14.2. The average molecular weight is 288 g/mol. The zero-order valence-electron chi connectivity index (χ0n) is 9.91. The Morgan fingerprint density at radius 3 is 2.68 bits per heavy atom. The molecule has 104 valence electrons. The molecule has 3 N–H and O–H groups in total. The fourth-order valence-electron chi connectivity index (χ4n) is 2.10. The van der Waals surface area contributed by atoms with Gasteiger partial charge in [0.25, 0.3) is 0 Å². The minimum Gasteiger partial charge on any atom is -0.392 e. The molecule has 8 heteroatoms. The lowest BCUT2D eigenvalue weighted by Crippen LogP contribution is -2.32. The summed E-state index contributed by atoms with van der Waals surface area (Å²) in [7, 11) is -3.86. The van der Waals surface area contributed by atoms with Crippen LogP contribution in [-0.2, 0) is 21.4 Å². The number of aliphatic hydroxyl groups excluding tert-OH is 1. The van der Waals surface area contributed by atoms with Crippen molar-refractivity contribution >= 4 is 21.6 Å². The molecule has 1 amide bonds. The van der Waals surface area contributed by atoms with Crippen molar-refractivity contribution in [1.82, 2.24) is 0 Å². The molecule has 0 spiro atoms. The number of hydrogen-bond acceptors (Lipinski definition) is 4. The second-order valence-electron chi connectivity index (χ2n) is 4.33. The second-order valence-corrected chi connectivity index (χ2v) is 6.17. The average Bonchev–Trinajstić information content (AvgIpc) is 2.70. The Morgan fingerprint density at radius 2 is 2.16 bits per heavy atom. The Morgan fingerprint density at radius 1 is 1.47 bits per heavy atom. The van der Waals surface area contributed by atoms with Crippen molar-refractivity contribution < 1.29 is 22.7 Å². The van der Waals surface area contributed by atoms with Crippen LogP contribution in [-0.4, -0.2) is 31.2 Å². The third kappa shape index (κ3) is 2.60. The first-order valence-corrected chi connectivity index (χ1v) is 7.15. The third-order valence-electron chi connectivity index (χ3n) is 3.06. The van der Waals surface area contributed by atoms with Gasteiger partial charge in [-0.3, -0.25) is 4.79 Å². The van der Waals surface area contributed by atoms with Crippen LogP contribution in [0, 0.1) is 5.82 Å². The first-order chi connectivity index (χ1) is 8.84. The quantitative estimate of drug-likeness (QED) is 0.798. The van der Waals surface area contributed by atoms with Gasteiger partial charge in [0.05, 0.1) is 12.3 Å². The monoisotopic (exact) mass is 288 g/mol. The molecule has 0 saturated carbocycles. The molecule has 1 aliphatic heterocycles. The van der Waals surface area contributed by atoms with Crippen molar-refractivity contribution in [2.75, 3.05) is 11.4 Å². The maximum Gasteiger partial charge on any atom is 0.228 e.